The number of carbonyl (C=O) groups is 1. The Bertz CT molecular complexity index is 279. The van der Waals surface area contributed by atoms with Gasteiger partial charge in [0.25, 0.3) is 0 Å². The molecule has 0 aliphatic heterocycles. The minimum atomic E-state index is -0.455. The minimum Gasteiger partial charge on any atom is -0.298 e. The van der Waals surface area contributed by atoms with Crippen molar-refractivity contribution < 1.29 is 4.79 Å². The molecular weight excluding hydrogens is 158 g/mol. The normalized spacial score (nSPS) is 12.5. The summed E-state index contributed by atoms with van der Waals surface area (Å²) in [5, 5.41) is 0. The Balaban J connectivity index is 3.00. The molecule has 0 aliphatic rings. The van der Waals surface area contributed by atoms with Crippen molar-refractivity contribution in [3.8, 4) is 0 Å². The van der Waals surface area contributed by atoms with Crippen LogP contribution in [0.2, 0.25) is 0 Å². The summed E-state index contributed by atoms with van der Waals surface area (Å²) in [6.45, 7) is 0. The lowest BCUT2D eigenvalue weighted by molar-refractivity contribution is 0.112. The zero-order valence-corrected chi connectivity index (χ0v) is 7.02. The number of hydrogen-bond donors (Lipinski definition) is 1. The maximum Gasteiger partial charge on any atom is 0.150 e. The van der Waals surface area contributed by atoms with Crippen LogP contribution in [0, 0.1) is 4.78 Å². The molecule has 0 fully saturated rings. The molecule has 0 aliphatic carbocycles. The van der Waals surface area contributed by atoms with Crippen molar-refractivity contribution in [2.24, 2.45) is 0 Å². The second-order valence-electron chi connectivity index (χ2n) is 2.20. The van der Waals surface area contributed by atoms with Gasteiger partial charge in [-0.1, -0.05) is 22.8 Å². The van der Waals surface area contributed by atoms with Crippen LogP contribution in [0.1, 0.15) is 10.4 Å². The molecule has 3 heteroatoms. The van der Waals surface area contributed by atoms with E-state index in [2.05, 4.69) is 0 Å². The zero-order chi connectivity index (χ0) is 8.27. The summed E-state index contributed by atoms with van der Waals surface area (Å²) in [5.74, 6) is 0. The van der Waals surface area contributed by atoms with Crippen molar-refractivity contribution >= 4 is 17.0 Å². The Morgan fingerprint density at radius 3 is 2.27 bits per heavy atom. The van der Waals surface area contributed by atoms with Gasteiger partial charge in [0.1, 0.15) is 6.29 Å². The molecule has 1 aromatic rings. The van der Waals surface area contributed by atoms with Gasteiger partial charge in [0, 0.05) is 10.5 Å². The first-order chi connectivity index (χ1) is 5.24. The molecule has 0 saturated carbocycles. The van der Waals surface area contributed by atoms with Crippen LogP contribution in [0.4, 0.5) is 0 Å². The van der Waals surface area contributed by atoms with E-state index in [1.807, 2.05) is 18.4 Å². The standard InChI is InChI=1S/C8H9NOS/c1-11(9)8-4-2-7(6-10)3-5-8/h2-6,9H,1H3. The molecule has 1 aromatic carbocycles. The highest BCUT2D eigenvalue weighted by Gasteiger charge is 1.92. The second kappa shape index (κ2) is 3.44. The smallest absolute Gasteiger partial charge is 0.150 e. The van der Waals surface area contributed by atoms with E-state index in [9.17, 15) is 4.79 Å². The van der Waals surface area contributed by atoms with E-state index in [-0.39, 0.29) is 0 Å². The topological polar surface area (TPSA) is 40.9 Å². The molecule has 11 heavy (non-hydrogen) atoms. The summed E-state index contributed by atoms with van der Waals surface area (Å²) in [4.78, 5) is 11.2. The molecule has 0 aromatic heterocycles. The summed E-state index contributed by atoms with van der Waals surface area (Å²) >= 11 is 0. The van der Waals surface area contributed by atoms with Crippen molar-refractivity contribution in [3.63, 3.8) is 0 Å². The molecule has 0 radical (unpaired) electrons. The molecule has 0 spiro atoms. The lowest BCUT2D eigenvalue weighted by Crippen LogP contribution is -1.85. The van der Waals surface area contributed by atoms with Crippen LogP contribution in [0.5, 0.6) is 0 Å². The number of benzene rings is 1. The number of aldehydes is 1. The number of hydrogen-bond acceptors (Lipinski definition) is 2. The molecule has 0 heterocycles. The highest BCUT2D eigenvalue weighted by Crippen LogP contribution is 2.05. The van der Waals surface area contributed by atoms with Crippen LogP contribution in [-0.2, 0) is 10.7 Å². The van der Waals surface area contributed by atoms with E-state index in [0.29, 0.717) is 5.56 Å². The van der Waals surface area contributed by atoms with E-state index >= 15 is 0 Å². The van der Waals surface area contributed by atoms with Gasteiger partial charge in [0.15, 0.2) is 0 Å². The Morgan fingerprint density at radius 2 is 1.91 bits per heavy atom. The SMILES string of the molecule is CS(=N)c1ccc(C=O)cc1. The quantitative estimate of drug-likeness (QED) is 0.671. The van der Waals surface area contributed by atoms with Crippen molar-refractivity contribution in [2.45, 2.75) is 4.90 Å². The second-order valence-corrected chi connectivity index (χ2v) is 3.69. The van der Waals surface area contributed by atoms with E-state index in [1.165, 1.54) is 0 Å². The van der Waals surface area contributed by atoms with Crippen molar-refractivity contribution in [1.29, 1.82) is 4.78 Å². The highest BCUT2D eigenvalue weighted by atomic mass is 32.2. The third-order valence-electron chi connectivity index (χ3n) is 1.37. The van der Waals surface area contributed by atoms with Crippen LogP contribution < -0.4 is 0 Å². The van der Waals surface area contributed by atoms with Gasteiger partial charge in [-0.15, -0.1) is 0 Å². The van der Waals surface area contributed by atoms with Crippen LogP contribution in [0.3, 0.4) is 0 Å². The Labute approximate surface area is 68.1 Å². The lowest BCUT2D eigenvalue weighted by atomic mass is 10.2. The summed E-state index contributed by atoms with van der Waals surface area (Å²) in [5.41, 5.74) is 0.666. The van der Waals surface area contributed by atoms with E-state index in [1.54, 1.807) is 12.1 Å². The van der Waals surface area contributed by atoms with Gasteiger partial charge >= 0.3 is 0 Å². The molecule has 1 rings (SSSR count). The molecule has 58 valence electrons. The average Bonchev–Trinajstić information content (AvgIpc) is 2.05. The van der Waals surface area contributed by atoms with Crippen molar-refractivity contribution in [1.82, 2.24) is 0 Å². The number of nitrogens with one attached hydrogen (secondary N) is 1. The Morgan fingerprint density at radius 1 is 1.36 bits per heavy atom. The minimum absolute atomic E-state index is 0.455. The molecule has 0 bridgehead atoms. The molecule has 1 atom stereocenters. The molecule has 2 nitrogen and oxygen atoms in total. The fraction of sp³-hybridized carbons (Fsp3) is 0.125. The maximum absolute atomic E-state index is 10.2. The van der Waals surface area contributed by atoms with Gasteiger partial charge in [-0.25, -0.2) is 0 Å². The molecule has 1 N–H and O–H groups in total. The van der Waals surface area contributed by atoms with Gasteiger partial charge in [-0.2, -0.15) is 0 Å². The maximum atomic E-state index is 10.2. The van der Waals surface area contributed by atoms with Crippen molar-refractivity contribution in [2.75, 3.05) is 6.26 Å². The molecule has 0 amide bonds. The summed E-state index contributed by atoms with van der Waals surface area (Å²) in [6.07, 6.45) is 2.64. The summed E-state index contributed by atoms with van der Waals surface area (Å²) < 4.78 is 7.39. The predicted octanol–water partition coefficient (Wildman–Crippen LogP) is 1.87. The fourth-order valence-electron chi connectivity index (χ4n) is 0.751. The predicted molar refractivity (Wildman–Crippen MR) is 46.1 cm³/mol. The molecule has 1 unspecified atom stereocenters. The van der Waals surface area contributed by atoms with Gasteiger partial charge in [0.05, 0.1) is 0 Å². The van der Waals surface area contributed by atoms with Crippen LogP contribution in [-0.4, -0.2) is 12.5 Å². The van der Waals surface area contributed by atoms with Crippen LogP contribution in [0.25, 0.3) is 0 Å². The largest absolute Gasteiger partial charge is 0.298 e. The first-order valence-corrected chi connectivity index (χ1v) is 4.80. The van der Waals surface area contributed by atoms with Crippen LogP contribution in [0.15, 0.2) is 29.2 Å². The monoisotopic (exact) mass is 167 g/mol. The highest BCUT2D eigenvalue weighted by molar-refractivity contribution is 7.85. The van der Waals surface area contributed by atoms with E-state index in [4.69, 9.17) is 4.78 Å². The summed E-state index contributed by atoms with van der Waals surface area (Å²) in [7, 11) is -0.455. The first-order valence-electron chi connectivity index (χ1n) is 3.16. The third-order valence-corrected chi connectivity index (χ3v) is 2.35. The van der Waals surface area contributed by atoms with E-state index < -0.39 is 10.7 Å². The Hall–Kier alpha value is -0.960. The van der Waals surface area contributed by atoms with Gasteiger partial charge in [-0.3, -0.25) is 9.57 Å². The van der Waals surface area contributed by atoms with Crippen LogP contribution >= 0.6 is 0 Å². The van der Waals surface area contributed by atoms with Gasteiger partial charge in [0.2, 0.25) is 0 Å². The first kappa shape index (κ1) is 8.14. The number of rotatable bonds is 2. The van der Waals surface area contributed by atoms with Crippen molar-refractivity contribution in [3.05, 3.63) is 29.8 Å². The third kappa shape index (κ3) is 1.98. The van der Waals surface area contributed by atoms with Gasteiger partial charge in [-0.05, 0) is 18.4 Å². The number of carbonyl (C=O) groups excluding carboxylic acids is 1. The zero-order valence-electron chi connectivity index (χ0n) is 6.20. The van der Waals surface area contributed by atoms with Gasteiger partial charge < -0.3 is 0 Å². The fourth-order valence-corrected chi connectivity index (χ4v) is 1.29. The average molecular weight is 167 g/mol. The molecular formula is C8H9NOS. The Kier molecular flexibility index (Phi) is 2.54. The summed E-state index contributed by atoms with van der Waals surface area (Å²) in [6, 6.07) is 7.11. The molecule has 0 saturated heterocycles. The lowest BCUT2D eigenvalue weighted by Gasteiger charge is -1.97. The van der Waals surface area contributed by atoms with E-state index in [0.717, 1.165) is 11.2 Å².